The molecule has 0 aromatic heterocycles. The van der Waals surface area contributed by atoms with Crippen LogP contribution in [-0.4, -0.2) is 96.7 Å². The topological polar surface area (TPSA) is 237 Å². The molecule has 0 amide bonds. The molecule has 0 aliphatic heterocycles. The fourth-order valence-electron chi connectivity index (χ4n) is 12.0. The quantitative estimate of drug-likeness (QED) is 0.0222. The van der Waals surface area contributed by atoms with Crippen LogP contribution in [0.5, 0.6) is 0 Å². The van der Waals surface area contributed by atoms with Gasteiger partial charge in [0.05, 0.1) is 26.4 Å². The Hall–Kier alpha value is -1.94. The summed E-state index contributed by atoms with van der Waals surface area (Å²) in [5.41, 5.74) is 0. The van der Waals surface area contributed by atoms with Crippen LogP contribution < -0.4 is 0 Å². The molecule has 576 valence electrons. The van der Waals surface area contributed by atoms with E-state index in [0.717, 1.165) is 102 Å². The number of rotatable bonds is 77. The Labute approximate surface area is 594 Å². The summed E-state index contributed by atoms with van der Waals surface area (Å²) in [6, 6.07) is 0. The molecule has 0 heterocycles. The molecule has 0 aromatic rings. The first-order valence-electron chi connectivity index (χ1n) is 40.5. The Balaban J connectivity index is 5.22. The average molecular weight is 1420 g/mol. The van der Waals surface area contributed by atoms with Crippen molar-refractivity contribution in [1.29, 1.82) is 0 Å². The molecule has 0 aromatic carbocycles. The Kier molecular flexibility index (Phi) is 68.4. The van der Waals surface area contributed by atoms with Gasteiger partial charge < -0.3 is 33.8 Å². The van der Waals surface area contributed by atoms with Crippen LogP contribution in [0, 0.1) is 11.8 Å². The zero-order chi connectivity index (χ0) is 71.4. The maximum Gasteiger partial charge on any atom is 0.472 e. The number of carbonyl (C=O) groups is 4. The van der Waals surface area contributed by atoms with E-state index in [9.17, 15) is 43.2 Å². The van der Waals surface area contributed by atoms with Gasteiger partial charge in [0, 0.05) is 25.7 Å². The number of phosphoric acid groups is 2. The van der Waals surface area contributed by atoms with E-state index in [2.05, 4.69) is 41.5 Å². The summed E-state index contributed by atoms with van der Waals surface area (Å²) in [6.45, 7) is 9.62. The van der Waals surface area contributed by atoms with Crippen molar-refractivity contribution in [2.45, 2.75) is 426 Å². The van der Waals surface area contributed by atoms with Gasteiger partial charge in [0.25, 0.3) is 0 Å². The number of hydrogen-bond donors (Lipinski definition) is 3. The van der Waals surface area contributed by atoms with Crippen molar-refractivity contribution in [3.8, 4) is 0 Å². The van der Waals surface area contributed by atoms with Crippen molar-refractivity contribution in [2.24, 2.45) is 11.8 Å². The maximum atomic E-state index is 13.1. The molecule has 0 radical (unpaired) electrons. The fraction of sp³-hybridized carbons (Fsp3) is 0.949. The van der Waals surface area contributed by atoms with E-state index < -0.39 is 97.5 Å². The summed E-state index contributed by atoms with van der Waals surface area (Å²) in [6.07, 6.45) is 58.3. The van der Waals surface area contributed by atoms with Gasteiger partial charge in [-0.2, -0.15) is 0 Å². The van der Waals surface area contributed by atoms with Gasteiger partial charge in [0.2, 0.25) is 0 Å². The van der Waals surface area contributed by atoms with Crippen LogP contribution in [0.25, 0.3) is 0 Å². The second-order valence-electron chi connectivity index (χ2n) is 28.8. The van der Waals surface area contributed by atoms with E-state index >= 15 is 0 Å². The third-order valence-corrected chi connectivity index (χ3v) is 20.5. The summed E-state index contributed by atoms with van der Waals surface area (Å²) in [7, 11) is -9.91. The maximum absolute atomic E-state index is 13.1. The standard InChI is InChI=1S/C78H152O17P2/c1-7-10-12-14-16-18-19-20-21-22-23-26-29-32-36-43-49-55-61-76(81)89-67-73(94-77(82)62-56-50-44-37-33-30-27-24-25-28-31-35-40-46-52-58-70(4)5)68-92-96(84,85)90-64-72(79)65-91-97(86,87)93-69-74(66-88-75(80)60-54-48-42-34-17-15-13-11-8-2)95-78(83)63-57-51-45-39-38-41-47-53-59-71(6)9-3/h70-74,79H,7-69H2,1-6H3,(H,84,85)(H,86,87)/t71?,72-,73-,74-/m1/s1. The Morgan fingerprint density at radius 3 is 0.784 bits per heavy atom. The van der Waals surface area contributed by atoms with Crippen LogP contribution in [0.15, 0.2) is 0 Å². The van der Waals surface area contributed by atoms with Crippen molar-refractivity contribution in [2.75, 3.05) is 39.6 Å². The highest BCUT2D eigenvalue weighted by Crippen LogP contribution is 2.45. The van der Waals surface area contributed by atoms with E-state index in [1.165, 1.54) is 225 Å². The van der Waals surface area contributed by atoms with Gasteiger partial charge in [0.15, 0.2) is 12.2 Å². The number of hydrogen-bond acceptors (Lipinski definition) is 15. The zero-order valence-electron chi connectivity index (χ0n) is 63.4. The third kappa shape index (κ3) is 70.9. The minimum Gasteiger partial charge on any atom is -0.462 e. The molecule has 0 saturated carbocycles. The number of ether oxygens (including phenoxy) is 4. The normalized spacial score (nSPS) is 14.2. The Morgan fingerprint density at radius 2 is 0.526 bits per heavy atom. The number of aliphatic hydroxyl groups is 1. The predicted molar refractivity (Wildman–Crippen MR) is 395 cm³/mol. The summed E-state index contributed by atoms with van der Waals surface area (Å²) in [4.78, 5) is 72.8. The highest BCUT2D eigenvalue weighted by atomic mass is 31.2. The van der Waals surface area contributed by atoms with Crippen molar-refractivity contribution in [3.63, 3.8) is 0 Å². The van der Waals surface area contributed by atoms with Gasteiger partial charge in [-0.1, -0.05) is 356 Å². The van der Waals surface area contributed by atoms with Crippen LogP contribution >= 0.6 is 15.6 Å². The van der Waals surface area contributed by atoms with Gasteiger partial charge in [-0.3, -0.25) is 37.3 Å². The number of carbonyl (C=O) groups excluding carboxylic acids is 4. The second kappa shape index (κ2) is 69.8. The van der Waals surface area contributed by atoms with E-state index in [1.807, 2.05) is 0 Å². The van der Waals surface area contributed by atoms with Gasteiger partial charge in [0.1, 0.15) is 19.3 Å². The molecule has 0 spiro atoms. The predicted octanol–water partition coefficient (Wildman–Crippen LogP) is 23.1. The summed E-state index contributed by atoms with van der Waals surface area (Å²) >= 11 is 0. The van der Waals surface area contributed by atoms with E-state index in [0.29, 0.717) is 25.7 Å². The molecule has 3 unspecified atom stereocenters. The number of esters is 4. The molecule has 0 aliphatic carbocycles. The van der Waals surface area contributed by atoms with Crippen LogP contribution in [0.4, 0.5) is 0 Å². The molecule has 17 nitrogen and oxygen atoms in total. The molecule has 0 saturated heterocycles. The Morgan fingerprint density at radius 1 is 0.299 bits per heavy atom. The molecule has 19 heteroatoms. The highest BCUT2D eigenvalue weighted by Gasteiger charge is 2.30. The summed E-state index contributed by atoms with van der Waals surface area (Å²) in [5, 5.41) is 10.6. The molecular formula is C78H152O17P2. The summed E-state index contributed by atoms with van der Waals surface area (Å²) in [5.74, 6) is -0.543. The molecule has 0 rings (SSSR count). The lowest BCUT2D eigenvalue weighted by molar-refractivity contribution is -0.161. The lowest BCUT2D eigenvalue weighted by Gasteiger charge is -2.21. The fourth-order valence-corrected chi connectivity index (χ4v) is 13.6. The molecule has 3 N–H and O–H groups in total. The molecule has 0 aliphatic rings. The number of aliphatic hydroxyl groups excluding tert-OH is 1. The monoisotopic (exact) mass is 1420 g/mol. The highest BCUT2D eigenvalue weighted by molar-refractivity contribution is 7.47. The van der Waals surface area contributed by atoms with Crippen LogP contribution in [0.2, 0.25) is 0 Å². The Bertz CT molecular complexity index is 1870. The van der Waals surface area contributed by atoms with E-state index in [4.69, 9.17) is 37.0 Å². The molecule has 97 heavy (non-hydrogen) atoms. The number of phosphoric ester groups is 2. The van der Waals surface area contributed by atoms with Crippen molar-refractivity contribution >= 4 is 39.5 Å². The minimum absolute atomic E-state index is 0.105. The smallest absolute Gasteiger partial charge is 0.462 e. The van der Waals surface area contributed by atoms with E-state index in [-0.39, 0.29) is 25.7 Å². The molecule has 6 atom stereocenters. The number of unbranched alkanes of at least 4 members (excludes halogenated alkanes) is 46. The van der Waals surface area contributed by atoms with Crippen molar-refractivity contribution < 1.29 is 80.2 Å². The van der Waals surface area contributed by atoms with Gasteiger partial charge in [-0.25, -0.2) is 9.13 Å². The third-order valence-electron chi connectivity index (χ3n) is 18.6. The van der Waals surface area contributed by atoms with Crippen LogP contribution in [-0.2, 0) is 65.4 Å². The second-order valence-corrected chi connectivity index (χ2v) is 31.7. The first-order chi connectivity index (χ1) is 46.9. The van der Waals surface area contributed by atoms with E-state index in [1.54, 1.807) is 0 Å². The lowest BCUT2D eigenvalue weighted by Crippen LogP contribution is -2.30. The lowest BCUT2D eigenvalue weighted by atomic mass is 9.99. The molecule has 0 bridgehead atoms. The first kappa shape index (κ1) is 95.1. The van der Waals surface area contributed by atoms with Gasteiger partial charge >= 0.3 is 39.5 Å². The average Bonchev–Trinajstić information content (AvgIpc) is 1.34. The first-order valence-corrected chi connectivity index (χ1v) is 43.5. The zero-order valence-corrected chi connectivity index (χ0v) is 65.2. The van der Waals surface area contributed by atoms with Crippen molar-refractivity contribution in [3.05, 3.63) is 0 Å². The van der Waals surface area contributed by atoms with Crippen LogP contribution in [0.1, 0.15) is 408 Å². The minimum atomic E-state index is -4.96. The van der Waals surface area contributed by atoms with Gasteiger partial charge in [-0.15, -0.1) is 0 Å². The summed E-state index contributed by atoms with van der Waals surface area (Å²) < 4.78 is 68.6. The molecule has 0 fully saturated rings. The SMILES string of the molecule is CCCCCCCCCCCCCCCCCCCCC(=O)OC[C@H](COP(=O)(O)OC[C@@H](O)COP(=O)(O)OC[C@@H](COC(=O)CCCCCCCCCCC)OC(=O)CCCCCCCCCCC(C)CC)OC(=O)CCCCCCCCCCCCCCCCCC(C)C. The molecular weight excluding hydrogens is 1270 g/mol. The largest absolute Gasteiger partial charge is 0.472 e. The van der Waals surface area contributed by atoms with Gasteiger partial charge in [-0.05, 0) is 37.5 Å². The van der Waals surface area contributed by atoms with Crippen LogP contribution in [0.3, 0.4) is 0 Å². The van der Waals surface area contributed by atoms with Crippen molar-refractivity contribution in [1.82, 2.24) is 0 Å².